The van der Waals surface area contributed by atoms with Gasteiger partial charge in [0.2, 0.25) is 0 Å². The van der Waals surface area contributed by atoms with E-state index in [9.17, 15) is 0 Å². The van der Waals surface area contributed by atoms with Crippen LogP contribution in [-0.4, -0.2) is 36.5 Å². The highest BCUT2D eigenvalue weighted by atomic mass is 127. The molecule has 2 rings (SSSR count). The molecular formula is C29H60I2N4. The van der Waals surface area contributed by atoms with Crippen molar-refractivity contribution in [1.29, 1.82) is 5.41 Å². The summed E-state index contributed by atoms with van der Waals surface area (Å²) in [6.45, 7) is 3.40. The Hall–Kier alpha value is 0.690. The van der Waals surface area contributed by atoms with Gasteiger partial charge < -0.3 is 16.0 Å². The zero-order valence-electron chi connectivity index (χ0n) is 22.9. The molecule has 0 amide bonds. The summed E-state index contributed by atoms with van der Waals surface area (Å²) in [5, 5.41) is 11.6. The lowest BCUT2D eigenvalue weighted by Gasteiger charge is -2.34. The number of unbranched alkanes of at least 4 members (excludes halogenated alkanes) is 10. The van der Waals surface area contributed by atoms with Crippen LogP contribution in [0, 0.1) is 11.3 Å². The van der Waals surface area contributed by atoms with E-state index in [1.165, 1.54) is 161 Å². The Kier molecular flexibility index (Phi) is 25.5. The molecule has 2 saturated carbocycles. The number of hydrogen-bond donors (Lipinski definition) is 3. The first-order valence-corrected chi connectivity index (χ1v) is 15.1. The van der Waals surface area contributed by atoms with Crippen LogP contribution in [-0.2, 0) is 0 Å². The Morgan fingerprint density at radius 2 is 1.09 bits per heavy atom. The van der Waals surface area contributed by atoms with Crippen LogP contribution in [0.15, 0.2) is 0 Å². The molecule has 0 aromatic heterocycles. The van der Waals surface area contributed by atoms with Crippen molar-refractivity contribution in [3.05, 3.63) is 0 Å². The zero-order chi connectivity index (χ0) is 23.4. The molecule has 6 heteroatoms. The molecule has 4 nitrogen and oxygen atoms in total. The van der Waals surface area contributed by atoms with Crippen LogP contribution in [0.25, 0.3) is 0 Å². The monoisotopic (exact) mass is 718 g/mol. The van der Waals surface area contributed by atoms with Crippen molar-refractivity contribution in [1.82, 2.24) is 10.2 Å². The van der Waals surface area contributed by atoms with Gasteiger partial charge in [0.15, 0.2) is 5.96 Å². The molecule has 0 aromatic carbocycles. The first-order chi connectivity index (χ1) is 16.3. The summed E-state index contributed by atoms with van der Waals surface area (Å²) >= 11 is 0. The van der Waals surface area contributed by atoms with Gasteiger partial charge in [-0.15, -0.1) is 48.0 Å². The average Bonchev–Trinajstić information content (AvgIpc) is 2.84. The van der Waals surface area contributed by atoms with Crippen LogP contribution in [0.1, 0.15) is 148 Å². The van der Waals surface area contributed by atoms with Crippen LogP contribution in [0.5, 0.6) is 0 Å². The summed E-state index contributed by atoms with van der Waals surface area (Å²) in [5.41, 5.74) is 5.86. The van der Waals surface area contributed by atoms with E-state index >= 15 is 0 Å². The van der Waals surface area contributed by atoms with Gasteiger partial charge in [-0.05, 0) is 51.1 Å². The normalized spacial score (nSPS) is 16.9. The smallest absolute Gasteiger partial charge is 0.188 e. The van der Waals surface area contributed by atoms with Crippen LogP contribution >= 0.6 is 48.0 Å². The Morgan fingerprint density at radius 3 is 1.63 bits per heavy atom. The number of nitrogens with zero attached hydrogens (tertiary/aromatic N) is 1. The van der Waals surface area contributed by atoms with Crippen molar-refractivity contribution in [2.45, 2.75) is 154 Å². The summed E-state index contributed by atoms with van der Waals surface area (Å²) < 4.78 is 0. The number of hydrogen-bond acceptors (Lipinski definition) is 2. The quantitative estimate of drug-likeness (QED) is 0.0541. The van der Waals surface area contributed by atoms with Crippen molar-refractivity contribution < 1.29 is 0 Å². The summed E-state index contributed by atoms with van der Waals surface area (Å²) in [4.78, 5) is 2.18. The highest BCUT2D eigenvalue weighted by Crippen LogP contribution is 2.28. The Labute approximate surface area is 253 Å². The molecule has 0 bridgehead atoms. The van der Waals surface area contributed by atoms with E-state index in [1.807, 2.05) is 0 Å². The third kappa shape index (κ3) is 18.6. The van der Waals surface area contributed by atoms with Crippen LogP contribution in [0.3, 0.4) is 0 Å². The predicted octanol–water partition coefficient (Wildman–Crippen LogP) is 8.99. The Morgan fingerprint density at radius 1 is 0.629 bits per heavy atom. The van der Waals surface area contributed by atoms with Gasteiger partial charge in [0.1, 0.15) is 0 Å². The second-order valence-electron chi connectivity index (χ2n) is 11.2. The molecule has 2 aliphatic carbocycles. The molecule has 0 saturated heterocycles. The standard InChI is InChI=1S/C29H58N4.2HI/c30-29(31)33(28-22-14-10-15-23-28)26-18-8-4-3-7-17-25-32-24-16-6-2-1-5-11-19-27-20-12-9-13-21-27;;/h27-28,32H,1-26H2,(H3,30,31);2*1H. The number of halogens is 2. The van der Waals surface area contributed by atoms with Gasteiger partial charge in [0.25, 0.3) is 0 Å². The highest BCUT2D eigenvalue weighted by molar-refractivity contribution is 14.0. The zero-order valence-corrected chi connectivity index (χ0v) is 27.5. The number of rotatable bonds is 19. The average molecular weight is 719 g/mol. The molecular weight excluding hydrogens is 658 g/mol. The molecule has 0 aromatic rings. The maximum absolute atomic E-state index is 7.91. The summed E-state index contributed by atoms with van der Waals surface area (Å²) in [7, 11) is 0. The van der Waals surface area contributed by atoms with E-state index < -0.39 is 0 Å². The molecule has 0 radical (unpaired) electrons. The minimum atomic E-state index is 0. The van der Waals surface area contributed by atoms with Gasteiger partial charge in [0, 0.05) is 12.6 Å². The molecule has 35 heavy (non-hydrogen) atoms. The highest BCUT2D eigenvalue weighted by Gasteiger charge is 2.21. The van der Waals surface area contributed by atoms with E-state index in [4.69, 9.17) is 11.1 Å². The van der Waals surface area contributed by atoms with Crippen LogP contribution in [0.4, 0.5) is 0 Å². The van der Waals surface area contributed by atoms with E-state index in [-0.39, 0.29) is 48.0 Å². The molecule has 0 heterocycles. The first-order valence-electron chi connectivity index (χ1n) is 15.1. The molecule has 2 fully saturated rings. The van der Waals surface area contributed by atoms with Crippen LogP contribution in [0.2, 0.25) is 0 Å². The van der Waals surface area contributed by atoms with Crippen molar-refractivity contribution in [3.63, 3.8) is 0 Å². The van der Waals surface area contributed by atoms with Crippen LogP contribution < -0.4 is 11.1 Å². The van der Waals surface area contributed by atoms with Crippen molar-refractivity contribution >= 4 is 53.9 Å². The fourth-order valence-electron chi connectivity index (χ4n) is 6.12. The van der Waals surface area contributed by atoms with Crippen molar-refractivity contribution in [3.8, 4) is 0 Å². The van der Waals surface area contributed by atoms with Gasteiger partial charge in [-0.3, -0.25) is 5.41 Å². The third-order valence-electron chi connectivity index (χ3n) is 8.27. The number of guanidine groups is 1. The second-order valence-corrected chi connectivity index (χ2v) is 11.2. The number of nitrogens with two attached hydrogens (primary N) is 1. The lowest BCUT2D eigenvalue weighted by atomic mass is 9.85. The lowest BCUT2D eigenvalue weighted by Crippen LogP contribution is -2.45. The maximum atomic E-state index is 7.91. The van der Waals surface area contributed by atoms with Crippen molar-refractivity contribution in [2.75, 3.05) is 19.6 Å². The van der Waals surface area contributed by atoms with Gasteiger partial charge in [-0.2, -0.15) is 0 Å². The fourth-order valence-corrected chi connectivity index (χ4v) is 6.12. The third-order valence-corrected chi connectivity index (χ3v) is 8.27. The predicted molar refractivity (Wildman–Crippen MR) is 176 cm³/mol. The molecule has 0 atom stereocenters. The van der Waals surface area contributed by atoms with Gasteiger partial charge in [0.05, 0.1) is 0 Å². The summed E-state index contributed by atoms with van der Waals surface area (Å²) in [5.74, 6) is 1.37. The van der Waals surface area contributed by atoms with Crippen molar-refractivity contribution in [2.24, 2.45) is 11.7 Å². The molecule has 0 spiro atoms. The summed E-state index contributed by atoms with van der Waals surface area (Å²) in [6, 6.07) is 0.536. The minimum Gasteiger partial charge on any atom is -0.370 e. The van der Waals surface area contributed by atoms with Gasteiger partial charge in [-0.1, -0.05) is 116 Å². The van der Waals surface area contributed by atoms with E-state index in [0.29, 0.717) is 12.0 Å². The minimum absolute atomic E-state index is 0. The Bertz CT molecular complexity index is 466. The Balaban J connectivity index is 0.00000578. The molecule has 0 unspecified atom stereocenters. The van der Waals surface area contributed by atoms with E-state index in [0.717, 1.165) is 12.5 Å². The maximum Gasteiger partial charge on any atom is 0.188 e. The van der Waals surface area contributed by atoms with E-state index in [2.05, 4.69) is 10.2 Å². The SMILES string of the molecule is I.I.N=C(N)N(CCCCCCCCNCCCCCCCCC1CCCCC1)C1CCCCC1. The van der Waals surface area contributed by atoms with Gasteiger partial charge in [-0.25, -0.2) is 0 Å². The molecule has 4 N–H and O–H groups in total. The number of nitrogens with one attached hydrogen (secondary N) is 2. The molecule has 210 valence electrons. The summed E-state index contributed by atoms with van der Waals surface area (Å²) in [6.07, 6.45) is 31.9. The second kappa shape index (κ2) is 25.0. The van der Waals surface area contributed by atoms with Gasteiger partial charge >= 0.3 is 0 Å². The largest absolute Gasteiger partial charge is 0.370 e. The topological polar surface area (TPSA) is 65.1 Å². The van der Waals surface area contributed by atoms with E-state index in [1.54, 1.807) is 0 Å². The molecule has 0 aliphatic heterocycles. The molecule has 2 aliphatic rings. The first kappa shape index (κ1) is 35.7. The lowest BCUT2D eigenvalue weighted by molar-refractivity contribution is 0.236. The fraction of sp³-hybridized carbons (Fsp3) is 0.966.